The number of nitrogens with one attached hydrogen (secondary N) is 2. The molecule has 2 aromatic rings. The molecule has 0 unspecified atom stereocenters. The third-order valence-electron chi connectivity index (χ3n) is 3.07. The van der Waals surface area contributed by atoms with Gasteiger partial charge in [-0.3, -0.25) is 4.68 Å². The van der Waals surface area contributed by atoms with E-state index in [-0.39, 0.29) is 6.54 Å². The van der Waals surface area contributed by atoms with Gasteiger partial charge in [0.15, 0.2) is 0 Å². The van der Waals surface area contributed by atoms with Gasteiger partial charge in [0, 0.05) is 18.1 Å². The van der Waals surface area contributed by atoms with E-state index >= 15 is 0 Å². The Morgan fingerprint density at radius 2 is 2.14 bits per heavy atom. The summed E-state index contributed by atoms with van der Waals surface area (Å²) in [7, 11) is -1.67. The molecule has 6 nitrogen and oxygen atoms in total. The minimum absolute atomic E-state index is 0.240. The Kier molecular flexibility index (Phi) is 5.51. The minimum Gasteiger partial charge on any atom is -0.317 e. The van der Waals surface area contributed by atoms with Crippen molar-refractivity contribution in [1.29, 1.82) is 0 Å². The molecule has 2 aromatic heterocycles. The summed E-state index contributed by atoms with van der Waals surface area (Å²) in [6.45, 7) is 4.07. The molecule has 0 radical (unpaired) electrons. The van der Waals surface area contributed by atoms with Crippen LogP contribution in [0.4, 0.5) is 0 Å². The van der Waals surface area contributed by atoms with Gasteiger partial charge in [-0.25, -0.2) is 13.1 Å². The molecule has 8 heteroatoms. The minimum atomic E-state index is -3.46. The number of aryl methyl sites for hydroxylation is 1. The summed E-state index contributed by atoms with van der Waals surface area (Å²) in [4.78, 5) is 1.07. The van der Waals surface area contributed by atoms with Gasteiger partial charge in [0.05, 0.1) is 12.2 Å². The third kappa shape index (κ3) is 4.37. The Labute approximate surface area is 129 Å². The number of hydrogen-bond acceptors (Lipinski definition) is 5. The van der Waals surface area contributed by atoms with E-state index in [1.165, 1.54) is 11.3 Å². The number of nitrogens with zero attached hydrogens (tertiary/aromatic N) is 2. The van der Waals surface area contributed by atoms with E-state index in [1.54, 1.807) is 30.1 Å². The van der Waals surface area contributed by atoms with Crippen LogP contribution in [0.5, 0.6) is 0 Å². The smallest absolute Gasteiger partial charge is 0.250 e. The second-order valence-corrected chi connectivity index (χ2v) is 7.76. The standard InChI is InChI=1S/C13H20N4O2S2/c1-3-14-8-7-12-4-5-13(20-12)21(18,19)16-10-11-6-9-15-17(11)2/h4-6,9,14,16H,3,7-8,10H2,1-2H3. The lowest BCUT2D eigenvalue weighted by Gasteiger charge is -2.05. The zero-order chi connectivity index (χ0) is 15.3. The zero-order valence-electron chi connectivity index (χ0n) is 12.2. The first kappa shape index (κ1) is 16.2. The normalized spacial score (nSPS) is 11.9. The molecule has 0 aromatic carbocycles. The van der Waals surface area contributed by atoms with Crippen LogP contribution in [0.25, 0.3) is 0 Å². The molecule has 2 N–H and O–H groups in total. The van der Waals surface area contributed by atoms with Crippen LogP contribution in [-0.4, -0.2) is 31.3 Å². The zero-order valence-corrected chi connectivity index (χ0v) is 13.8. The van der Waals surface area contributed by atoms with E-state index < -0.39 is 10.0 Å². The highest BCUT2D eigenvalue weighted by Crippen LogP contribution is 2.21. The molecule has 0 fully saturated rings. The summed E-state index contributed by atoms with van der Waals surface area (Å²) >= 11 is 1.32. The van der Waals surface area contributed by atoms with Crippen molar-refractivity contribution < 1.29 is 8.42 Å². The second-order valence-electron chi connectivity index (χ2n) is 4.60. The highest BCUT2D eigenvalue weighted by molar-refractivity contribution is 7.91. The molecule has 0 aliphatic carbocycles. The molecule has 0 aliphatic rings. The molecule has 0 aliphatic heterocycles. The molecule has 2 heterocycles. The fraction of sp³-hybridized carbons (Fsp3) is 0.462. The third-order valence-corrected chi connectivity index (χ3v) is 6.10. The van der Waals surface area contributed by atoms with Crippen molar-refractivity contribution in [2.45, 2.75) is 24.1 Å². The van der Waals surface area contributed by atoms with Crippen molar-refractivity contribution >= 4 is 21.4 Å². The summed E-state index contributed by atoms with van der Waals surface area (Å²) < 4.78 is 29.1. The molecule has 21 heavy (non-hydrogen) atoms. The van der Waals surface area contributed by atoms with Gasteiger partial charge in [0.25, 0.3) is 0 Å². The lowest BCUT2D eigenvalue weighted by molar-refractivity contribution is 0.579. The van der Waals surface area contributed by atoms with Gasteiger partial charge < -0.3 is 5.32 Å². The molecule has 0 amide bonds. The first-order valence-electron chi connectivity index (χ1n) is 6.79. The predicted octanol–water partition coefficient (Wildman–Crippen LogP) is 1.11. The first-order chi connectivity index (χ1) is 10.0. The van der Waals surface area contributed by atoms with E-state index in [4.69, 9.17) is 0 Å². The first-order valence-corrected chi connectivity index (χ1v) is 9.09. The van der Waals surface area contributed by atoms with Gasteiger partial charge in [0.2, 0.25) is 10.0 Å². The van der Waals surface area contributed by atoms with Gasteiger partial charge in [-0.15, -0.1) is 11.3 Å². The van der Waals surface area contributed by atoms with Crippen LogP contribution in [0.15, 0.2) is 28.6 Å². The number of thiophene rings is 1. The Morgan fingerprint density at radius 3 is 2.81 bits per heavy atom. The highest BCUT2D eigenvalue weighted by atomic mass is 32.2. The van der Waals surface area contributed by atoms with Gasteiger partial charge >= 0.3 is 0 Å². The highest BCUT2D eigenvalue weighted by Gasteiger charge is 2.17. The van der Waals surface area contributed by atoms with Gasteiger partial charge in [-0.1, -0.05) is 6.92 Å². The number of hydrogen-bond donors (Lipinski definition) is 2. The van der Waals surface area contributed by atoms with Crippen LogP contribution in [0.3, 0.4) is 0 Å². The lowest BCUT2D eigenvalue weighted by Crippen LogP contribution is -2.23. The largest absolute Gasteiger partial charge is 0.317 e. The van der Waals surface area contributed by atoms with Crippen LogP contribution in [0, 0.1) is 0 Å². The molecule has 0 saturated heterocycles. The fourth-order valence-corrected chi connectivity index (χ4v) is 4.24. The second kappa shape index (κ2) is 7.17. The maximum absolute atomic E-state index is 12.2. The van der Waals surface area contributed by atoms with E-state index in [0.29, 0.717) is 4.21 Å². The number of aromatic nitrogens is 2. The monoisotopic (exact) mass is 328 g/mol. The SMILES string of the molecule is CCNCCc1ccc(S(=O)(=O)NCc2ccnn2C)s1. The Morgan fingerprint density at radius 1 is 1.33 bits per heavy atom. The van der Waals surface area contributed by atoms with Gasteiger partial charge in [-0.05, 0) is 37.7 Å². The van der Waals surface area contributed by atoms with E-state index in [2.05, 4.69) is 15.1 Å². The topological polar surface area (TPSA) is 76.0 Å². The van der Waals surface area contributed by atoms with Crippen molar-refractivity contribution in [1.82, 2.24) is 19.8 Å². The van der Waals surface area contributed by atoms with E-state index in [0.717, 1.165) is 30.1 Å². The molecular formula is C13H20N4O2S2. The average Bonchev–Trinajstić information content (AvgIpc) is 3.06. The molecule has 116 valence electrons. The molecule has 0 atom stereocenters. The molecule has 0 saturated carbocycles. The fourth-order valence-electron chi connectivity index (χ4n) is 1.84. The van der Waals surface area contributed by atoms with Crippen molar-refractivity contribution in [3.05, 3.63) is 35.0 Å². The van der Waals surface area contributed by atoms with E-state index in [1.807, 2.05) is 13.0 Å². The lowest BCUT2D eigenvalue weighted by atomic mass is 10.3. The summed E-state index contributed by atoms with van der Waals surface area (Å²) in [5.41, 5.74) is 0.822. The van der Waals surface area contributed by atoms with Crippen molar-refractivity contribution in [2.24, 2.45) is 7.05 Å². The Balaban J connectivity index is 1.97. The number of rotatable bonds is 8. The number of likely N-dealkylation sites (N-methyl/N-ethyl adjacent to an activating group) is 1. The maximum Gasteiger partial charge on any atom is 0.250 e. The van der Waals surface area contributed by atoms with Crippen LogP contribution < -0.4 is 10.0 Å². The van der Waals surface area contributed by atoms with Crippen LogP contribution in [0.2, 0.25) is 0 Å². The summed E-state index contributed by atoms with van der Waals surface area (Å²) in [6, 6.07) is 5.33. The van der Waals surface area contributed by atoms with Crippen molar-refractivity contribution in [3.8, 4) is 0 Å². The molecule has 2 rings (SSSR count). The van der Waals surface area contributed by atoms with Crippen molar-refractivity contribution in [3.63, 3.8) is 0 Å². The summed E-state index contributed by atoms with van der Waals surface area (Å²) in [6.07, 6.45) is 2.49. The van der Waals surface area contributed by atoms with Crippen LogP contribution >= 0.6 is 11.3 Å². The number of sulfonamides is 1. The quantitative estimate of drug-likeness (QED) is 0.712. The molecule has 0 spiro atoms. The summed E-state index contributed by atoms with van der Waals surface area (Å²) in [5.74, 6) is 0. The van der Waals surface area contributed by atoms with Crippen LogP contribution in [-0.2, 0) is 30.0 Å². The average molecular weight is 328 g/mol. The predicted molar refractivity (Wildman–Crippen MR) is 83.8 cm³/mol. The van der Waals surface area contributed by atoms with Gasteiger partial charge in [0.1, 0.15) is 4.21 Å². The Hall–Kier alpha value is -1.22. The molecule has 0 bridgehead atoms. The van der Waals surface area contributed by atoms with E-state index in [9.17, 15) is 8.42 Å². The Bertz CT molecular complexity index is 676. The van der Waals surface area contributed by atoms with Gasteiger partial charge in [-0.2, -0.15) is 5.10 Å². The van der Waals surface area contributed by atoms with Crippen LogP contribution in [0.1, 0.15) is 17.5 Å². The maximum atomic E-state index is 12.2. The molecular weight excluding hydrogens is 308 g/mol. The summed E-state index contributed by atoms with van der Waals surface area (Å²) in [5, 5.41) is 7.24. The van der Waals surface area contributed by atoms with Crippen molar-refractivity contribution in [2.75, 3.05) is 13.1 Å².